The molecule has 2 aromatic rings. The number of para-hydroxylation sites is 1. The van der Waals surface area contributed by atoms with E-state index < -0.39 is 18.5 Å². The van der Waals surface area contributed by atoms with Gasteiger partial charge in [-0.15, -0.1) is 0 Å². The van der Waals surface area contributed by atoms with Crippen molar-refractivity contribution in [3.63, 3.8) is 0 Å². The molecular weight excluding hydrogens is 346 g/mol. The Morgan fingerprint density at radius 1 is 1.08 bits per heavy atom. The molecule has 0 radical (unpaired) electrons. The fourth-order valence-corrected chi connectivity index (χ4v) is 2.37. The number of amides is 1. The monoisotopic (exact) mass is 363 g/mol. The van der Waals surface area contributed by atoms with Crippen LogP contribution in [0, 0.1) is 0 Å². The van der Waals surface area contributed by atoms with Crippen molar-refractivity contribution in [2.45, 2.75) is 6.54 Å². The van der Waals surface area contributed by atoms with Gasteiger partial charge in [0.05, 0.1) is 14.2 Å². The minimum absolute atomic E-state index is 0.185. The van der Waals surface area contributed by atoms with Gasteiger partial charge in [-0.3, -0.25) is 4.79 Å². The molecule has 0 saturated heterocycles. The first-order valence-corrected chi connectivity index (χ1v) is 7.82. The van der Waals surface area contributed by atoms with Gasteiger partial charge in [-0.2, -0.15) is 0 Å². The Kier molecular flexibility index (Phi) is 6.65. The summed E-state index contributed by atoms with van der Waals surface area (Å²) in [7, 11) is 2.89. The first kappa shape index (κ1) is 18.6. The number of benzene rings is 2. The van der Waals surface area contributed by atoms with E-state index in [1.807, 2.05) is 6.07 Å². The van der Waals surface area contributed by atoms with Crippen molar-refractivity contribution in [2.75, 3.05) is 20.8 Å². The number of hydrogen-bond donors (Lipinski definition) is 1. The molecule has 25 heavy (non-hydrogen) atoms. The Hall–Kier alpha value is -2.73. The van der Waals surface area contributed by atoms with Crippen LogP contribution in [0.3, 0.4) is 0 Å². The van der Waals surface area contributed by atoms with E-state index in [1.165, 1.54) is 20.3 Å². The summed E-state index contributed by atoms with van der Waals surface area (Å²) in [5, 5.41) is 3.24. The summed E-state index contributed by atoms with van der Waals surface area (Å²) < 4.78 is 15.3. The summed E-state index contributed by atoms with van der Waals surface area (Å²) in [6.45, 7) is -0.112. The maximum atomic E-state index is 12.2. The third kappa shape index (κ3) is 5.12. The predicted molar refractivity (Wildman–Crippen MR) is 93.1 cm³/mol. The first-order chi connectivity index (χ1) is 12.0. The van der Waals surface area contributed by atoms with Crippen LogP contribution in [-0.2, 0) is 16.1 Å². The molecule has 0 aromatic heterocycles. The maximum Gasteiger partial charge on any atom is 0.342 e. The normalized spacial score (nSPS) is 10.0. The molecule has 0 fully saturated rings. The van der Waals surface area contributed by atoms with Gasteiger partial charge in [-0.05, 0) is 29.8 Å². The molecule has 0 aliphatic rings. The molecule has 0 atom stereocenters. The lowest BCUT2D eigenvalue weighted by Crippen LogP contribution is -2.28. The summed E-state index contributed by atoms with van der Waals surface area (Å²) >= 11 is 5.88. The van der Waals surface area contributed by atoms with Gasteiger partial charge >= 0.3 is 5.97 Å². The van der Waals surface area contributed by atoms with Gasteiger partial charge in [0, 0.05) is 11.6 Å². The van der Waals surface area contributed by atoms with E-state index >= 15 is 0 Å². The van der Waals surface area contributed by atoms with Gasteiger partial charge in [-0.1, -0.05) is 29.8 Å². The molecule has 7 heteroatoms. The highest BCUT2D eigenvalue weighted by atomic mass is 35.5. The predicted octanol–water partition coefficient (Wildman–Crippen LogP) is 2.83. The molecule has 1 N–H and O–H groups in total. The minimum atomic E-state index is -0.673. The first-order valence-electron chi connectivity index (χ1n) is 7.44. The number of nitrogens with one attached hydrogen (secondary N) is 1. The van der Waals surface area contributed by atoms with Crippen molar-refractivity contribution in [1.29, 1.82) is 0 Å². The number of ether oxygens (including phenoxy) is 3. The zero-order valence-corrected chi connectivity index (χ0v) is 14.6. The van der Waals surface area contributed by atoms with Crippen LogP contribution >= 0.6 is 11.6 Å². The van der Waals surface area contributed by atoms with E-state index in [1.54, 1.807) is 30.3 Å². The molecule has 0 aliphatic carbocycles. The number of carbonyl (C=O) groups excluding carboxylic acids is 2. The van der Waals surface area contributed by atoms with Gasteiger partial charge in [0.25, 0.3) is 5.91 Å². The minimum Gasteiger partial charge on any atom is -0.493 e. The van der Waals surface area contributed by atoms with E-state index in [9.17, 15) is 9.59 Å². The number of hydrogen-bond acceptors (Lipinski definition) is 5. The lowest BCUT2D eigenvalue weighted by molar-refractivity contribution is -0.124. The number of carbonyl (C=O) groups is 2. The van der Waals surface area contributed by atoms with E-state index in [-0.39, 0.29) is 11.3 Å². The van der Waals surface area contributed by atoms with Crippen LogP contribution in [0.4, 0.5) is 0 Å². The van der Waals surface area contributed by atoms with Crippen molar-refractivity contribution >= 4 is 23.5 Å². The van der Waals surface area contributed by atoms with Crippen LogP contribution in [-0.4, -0.2) is 32.7 Å². The summed E-state index contributed by atoms with van der Waals surface area (Å²) in [4.78, 5) is 24.0. The molecular formula is C18H18ClNO5. The van der Waals surface area contributed by atoms with E-state index in [2.05, 4.69) is 5.32 Å². The smallest absolute Gasteiger partial charge is 0.342 e. The fourth-order valence-electron chi connectivity index (χ4n) is 2.16. The van der Waals surface area contributed by atoms with Crippen LogP contribution in [0.5, 0.6) is 11.5 Å². The largest absolute Gasteiger partial charge is 0.493 e. The second-order valence-corrected chi connectivity index (χ2v) is 5.46. The third-order valence-corrected chi connectivity index (χ3v) is 3.57. The molecule has 2 rings (SSSR count). The number of halogens is 1. The highest BCUT2D eigenvalue weighted by Gasteiger charge is 2.18. The summed E-state index contributed by atoms with van der Waals surface area (Å²) in [6.07, 6.45) is 0. The Morgan fingerprint density at radius 3 is 2.52 bits per heavy atom. The summed E-state index contributed by atoms with van der Waals surface area (Å²) in [6, 6.07) is 11.9. The average molecular weight is 364 g/mol. The van der Waals surface area contributed by atoms with Gasteiger partial charge in [0.2, 0.25) is 0 Å². The van der Waals surface area contributed by atoms with Gasteiger partial charge in [-0.25, -0.2) is 4.79 Å². The van der Waals surface area contributed by atoms with Crippen molar-refractivity contribution in [1.82, 2.24) is 5.32 Å². The van der Waals surface area contributed by atoms with Crippen LogP contribution in [0.25, 0.3) is 0 Å². The number of methoxy groups -OCH3 is 2. The second-order valence-electron chi connectivity index (χ2n) is 5.02. The number of esters is 1. The molecule has 2 aromatic carbocycles. The summed E-state index contributed by atoms with van der Waals surface area (Å²) in [5.41, 5.74) is 1.03. The van der Waals surface area contributed by atoms with Crippen LogP contribution < -0.4 is 14.8 Å². The van der Waals surface area contributed by atoms with Crippen molar-refractivity contribution < 1.29 is 23.8 Å². The second kappa shape index (κ2) is 8.94. The molecule has 132 valence electrons. The Bertz CT molecular complexity index is 763. The lowest BCUT2D eigenvalue weighted by Gasteiger charge is -2.12. The average Bonchev–Trinajstić information content (AvgIpc) is 2.63. The lowest BCUT2D eigenvalue weighted by atomic mass is 10.2. The van der Waals surface area contributed by atoms with Gasteiger partial charge in [0.1, 0.15) is 5.56 Å². The number of rotatable bonds is 7. The van der Waals surface area contributed by atoms with Crippen LogP contribution in [0.15, 0.2) is 42.5 Å². The maximum absolute atomic E-state index is 12.2. The van der Waals surface area contributed by atoms with Crippen molar-refractivity contribution in [2.24, 2.45) is 0 Å². The van der Waals surface area contributed by atoms with Gasteiger partial charge in [0.15, 0.2) is 18.1 Å². The molecule has 0 saturated carbocycles. The standard InChI is InChI=1S/C18H18ClNO5/c1-23-15-8-4-7-14(17(15)24-2)18(22)25-11-16(21)20-10-12-5-3-6-13(19)9-12/h3-9H,10-11H2,1-2H3,(H,20,21). The van der Waals surface area contributed by atoms with Crippen molar-refractivity contribution in [3.05, 3.63) is 58.6 Å². The zero-order valence-electron chi connectivity index (χ0n) is 13.9. The topological polar surface area (TPSA) is 73.9 Å². The van der Waals surface area contributed by atoms with Crippen LogP contribution in [0.1, 0.15) is 15.9 Å². The quantitative estimate of drug-likeness (QED) is 0.766. The van der Waals surface area contributed by atoms with Crippen LogP contribution in [0.2, 0.25) is 5.02 Å². The van der Waals surface area contributed by atoms with Gasteiger partial charge < -0.3 is 19.5 Å². The molecule has 0 unspecified atom stereocenters. The Balaban J connectivity index is 1.90. The van der Waals surface area contributed by atoms with E-state index in [4.69, 9.17) is 25.8 Å². The molecule has 0 aliphatic heterocycles. The third-order valence-electron chi connectivity index (χ3n) is 3.34. The summed E-state index contributed by atoms with van der Waals surface area (Å²) in [5.74, 6) is -0.430. The molecule has 0 spiro atoms. The molecule has 1 amide bonds. The Labute approximate surface area is 150 Å². The zero-order chi connectivity index (χ0) is 18.2. The van der Waals surface area contributed by atoms with E-state index in [0.29, 0.717) is 17.3 Å². The van der Waals surface area contributed by atoms with Crippen molar-refractivity contribution in [3.8, 4) is 11.5 Å². The highest BCUT2D eigenvalue weighted by Crippen LogP contribution is 2.31. The SMILES string of the molecule is COc1cccc(C(=O)OCC(=O)NCc2cccc(Cl)c2)c1OC. The van der Waals surface area contributed by atoms with E-state index in [0.717, 1.165) is 5.56 Å². The fraction of sp³-hybridized carbons (Fsp3) is 0.222. The highest BCUT2D eigenvalue weighted by molar-refractivity contribution is 6.30. The molecule has 0 heterocycles. The molecule has 0 bridgehead atoms. The molecule has 6 nitrogen and oxygen atoms in total. The Morgan fingerprint density at radius 2 is 1.84 bits per heavy atom.